The number of carbonyl (C=O) groups excluding carboxylic acids is 2. The Bertz CT molecular complexity index is 1320. The fraction of sp³-hybridized carbons (Fsp3) is 0.290. The number of hydrogen-bond donors (Lipinski definition) is 1. The Morgan fingerprint density at radius 3 is 2.27 bits per heavy atom. The van der Waals surface area contributed by atoms with Gasteiger partial charge in [-0.15, -0.1) is 0 Å². The quantitative estimate of drug-likeness (QED) is 0.471. The molecule has 0 bridgehead atoms. The Hall–Kier alpha value is -3.90. The van der Waals surface area contributed by atoms with Crippen molar-refractivity contribution >= 4 is 34.5 Å². The maximum Gasteiger partial charge on any atom is 0.260 e. The molecule has 1 N–H and O–H groups in total. The van der Waals surface area contributed by atoms with Gasteiger partial charge in [0.15, 0.2) is 0 Å². The predicted octanol–water partition coefficient (Wildman–Crippen LogP) is 5.33. The largest absolute Gasteiger partial charge is 0.354 e. The van der Waals surface area contributed by atoms with Crippen molar-refractivity contribution in [3.05, 3.63) is 95.1 Å². The van der Waals surface area contributed by atoms with E-state index >= 15 is 0 Å². The van der Waals surface area contributed by atoms with Gasteiger partial charge in [-0.2, -0.15) is 0 Å². The second-order valence-electron chi connectivity index (χ2n) is 10.1. The molecule has 0 radical (unpaired) electrons. The summed E-state index contributed by atoms with van der Waals surface area (Å²) in [6.45, 7) is 3.29. The molecule has 1 saturated heterocycles. The molecule has 5 rings (SSSR count). The number of piperidine rings is 1. The number of nitrogens with one attached hydrogen (secondary N) is 1. The van der Waals surface area contributed by atoms with Crippen molar-refractivity contribution in [2.45, 2.75) is 25.8 Å². The smallest absolute Gasteiger partial charge is 0.260 e. The SMILES string of the molecule is CN(C)C(=O)c1ccc2c(c1)/C(=C(/Nc1ccc(CN3CCCCC3)cc1)c1ccccc1)C(=O)N2C. The van der Waals surface area contributed by atoms with E-state index in [0.717, 1.165) is 47.8 Å². The number of carbonyl (C=O) groups is 2. The highest BCUT2D eigenvalue weighted by Crippen LogP contribution is 2.41. The van der Waals surface area contributed by atoms with E-state index in [2.05, 4.69) is 34.5 Å². The van der Waals surface area contributed by atoms with Gasteiger partial charge >= 0.3 is 0 Å². The number of anilines is 2. The first kappa shape index (κ1) is 24.8. The first-order valence-corrected chi connectivity index (χ1v) is 12.9. The van der Waals surface area contributed by atoms with E-state index < -0.39 is 0 Å². The van der Waals surface area contributed by atoms with Gasteiger partial charge in [0.05, 0.1) is 17.0 Å². The Morgan fingerprint density at radius 2 is 1.59 bits per heavy atom. The number of likely N-dealkylation sites (N-methyl/N-ethyl adjacent to an activating group) is 1. The van der Waals surface area contributed by atoms with E-state index in [9.17, 15) is 9.59 Å². The molecule has 37 heavy (non-hydrogen) atoms. The summed E-state index contributed by atoms with van der Waals surface area (Å²) in [6, 6.07) is 23.9. The van der Waals surface area contributed by atoms with Gasteiger partial charge in [-0.3, -0.25) is 14.5 Å². The number of rotatable bonds is 6. The minimum atomic E-state index is -0.0995. The summed E-state index contributed by atoms with van der Waals surface area (Å²) in [5.41, 5.74) is 6.51. The van der Waals surface area contributed by atoms with Crippen LogP contribution in [0, 0.1) is 0 Å². The van der Waals surface area contributed by atoms with Crippen molar-refractivity contribution in [1.82, 2.24) is 9.80 Å². The number of likely N-dealkylation sites (tertiary alicyclic amines) is 1. The molecule has 2 amide bonds. The maximum absolute atomic E-state index is 13.6. The molecule has 0 aliphatic carbocycles. The Balaban J connectivity index is 1.53. The van der Waals surface area contributed by atoms with E-state index in [1.807, 2.05) is 42.5 Å². The van der Waals surface area contributed by atoms with Crippen LogP contribution in [-0.4, -0.2) is 55.8 Å². The molecule has 190 valence electrons. The molecule has 3 aromatic carbocycles. The molecule has 2 heterocycles. The minimum Gasteiger partial charge on any atom is -0.354 e. The number of nitrogens with zero attached hydrogens (tertiary/aromatic N) is 3. The number of fused-ring (bicyclic) bond motifs is 1. The van der Waals surface area contributed by atoms with Crippen molar-refractivity contribution in [2.24, 2.45) is 0 Å². The molecule has 6 heteroatoms. The number of hydrogen-bond acceptors (Lipinski definition) is 4. The van der Waals surface area contributed by atoms with Gasteiger partial charge in [-0.05, 0) is 67.4 Å². The van der Waals surface area contributed by atoms with E-state index in [4.69, 9.17) is 0 Å². The van der Waals surface area contributed by atoms with Crippen molar-refractivity contribution in [2.75, 3.05) is 44.4 Å². The summed E-state index contributed by atoms with van der Waals surface area (Å²) >= 11 is 0. The summed E-state index contributed by atoms with van der Waals surface area (Å²) in [7, 11) is 5.24. The Kier molecular flexibility index (Phi) is 7.10. The lowest BCUT2D eigenvalue weighted by molar-refractivity contribution is -0.112. The Morgan fingerprint density at radius 1 is 0.892 bits per heavy atom. The van der Waals surface area contributed by atoms with E-state index in [0.29, 0.717) is 11.1 Å². The molecule has 0 spiro atoms. The van der Waals surface area contributed by atoms with Crippen LogP contribution in [0.15, 0.2) is 72.8 Å². The van der Waals surface area contributed by atoms with E-state index in [1.165, 1.54) is 24.8 Å². The molecule has 0 saturated carbocycles. The van der Waals surface area contributed by atoms with Crippen LogP contribution in [0.4, 0.5) is 11.4 Å². The zero-order valence-corrected chi connectivity index (χ0v) is 21.8. The summed E-state index contributed by atoms with van der Waals surface area (Å²) in [5.74, 6) is -0.194. The van der Waals surface area contributed by atoms with Crippen molar-refractivity contribution in [3.8, 4) is 0 Å². The lowest BCUT2D eigenvalue weighted by Gasteiger charge is -2.26. The molecule has 0 aromatic heterocycles. The maximum atomic E-state index is 13.6. The van der Waals surface area contributed by atoms with Crippen LogP contribution in [0.5, 0.6) is 0 Å². The van der Waals surface area contributed by atoms with Crippen molar-refractivity contribution in [1.29, 1.82) is 0 Å². The zero-order valence-electron chi connectivity index (χ0n) is 21.8. The highest BCUT2D eigenvalue weighted by molar-refractivity contribution is 6.38. The van der Waals surface area contributed by atoms with Gasteiger partial charge in [0.2, 0.25) is 0 Å². The number of benzene rings is 3. The molecular weight excluding hydrogens is 460 g/mol. The topological polar surface area (TPSA) is 55.9 Å². The summed E-state index contributed by atoms with van der Waals surface area (Å²) in [5, 5.41) is 3.55. The molecule has 3 aromatic rings. The second kappa shape index (κ2) is 10.6. The lowest BCUT2D eigenvalue weighted by atomic mass is 9.98. The molecule has 2 aliphatic rings. The van der Waals surface area contributed by atoms with Crippen molar-refractivity contribution < 1.29 is 9.59 Å². The normalized spacial score (nSPS) is 16.9. The van der Waals surface area contributed by atoms with Crippen LogP contribution in [0.25, 0.3) is 11.3 Å². The van der Waals surface area contributed by atoms with Crippen molar-refractivity contribution in [3.63, 3.8) is 0 Å². The second-order valence-corrected chi connectivity index (χ2v) is 10.1. The van der Waals surface area contributed by atoms with Crippen LogP contribution < -0.4 is 10.2 Å². The van der Waals surface area contributed by atoms with E-state index in [-0.39, 0.29) is 11.8 Å². The van der Waals surface area contributed by atoms with Gasteiger partial charge in [0.1, 0.15) is 0 Å². The molecule has 6 nitrogen and oxygen atoms in total. The van der Waals surface area contributed by atoms with E-state index in [1.54, 1.807) is 37.0 Å². The Labute approximate surface area is 219 Å². The number of amides is 2. The molecule has 0 unspecified atom stereocenters. The fourth-order valence-corrected chi connectivity index (χ4v) is 5.15. The van der Waals surface area contributed by atoms with Gasteiger partial charge in [0, 0.05) is 44.5 Å². The third-order valence-electron chi connectivity index (χ3n) is 7.19. The first-order chi connectivity index (χ1) is 17.9. The highest BCUT2D eigenvalue weighted by atomic mass is 16.2. The minimum absolute atomic E-state index is 0.0948. The summed E-state index contributed by atoms with van der Waals surface area (Å²) < 4.78 is 0. The van der Waals surface area contributed by atoms with Crippen LogP contribution in [0.3, 0.4) is 0 Å². The fourth-order valence-electron chi connectivity index (χ4n) is 5.15. The van der Waals surface area contributed by atoms with Crippen LogP contribution >= 0.6 is 0 Å². The van der Waals surface area contributed by atoms with Crippen LogP contribution in [0.1, 0.15) is 46.3 Å². The van der Waals surface area contributed by atoms with Gasteiger partial charge < -0.3 is 15.1 Å². The average Bonchev–Trinajstić information content (AvgIpc) is 3.17. The summed E-state index contributed by atoms with van der Waals surface area (Å²) in [6.07, 6.45) is 3.89. The summed E-state index contributed by atoms with van der Waals surface area (Å²) in [4.78, 5) is 32.0. The third-order valence-corrected chi connectivity index (χ3v) is 7.19. The first-order valence-electron chi connectivity index (χ1n) is 12.9. The molecule has 1 fully saturated rings. The third kappa shape index (κ3) is 5.16. The van der Waals surface area contributed by atoms with Crippen LogP contribution in [0.2, 0.25) is 0 Å². The highest BCUT2D eigenvalue weighted by Gasteiger charge is 2.34. The van der Waals surface area contributed by atoms with Crippen LogP contribution in [-0.2, 0) is 11.3 Å². The monoisotopic (exact) mass is 494 g/mol. The standard InChI is InChI=1S/C31H34N4O2/c1-33(2)30(36)24-14-17-27-26(20-24)28(31(37)34(27)3)29(23-10-6-4-7-11-23)32-25-15-12-22(13-16-25)21-35-18-8-5-9-19-35/h4,6-7,10-17,20,32H,5,8-9,18-19,21H2,1-3H3/b29-28-. The van der Waals surface area contributed by atoms with Gasteiger partial charge in [-0.1, -0.05) is 48.9 Å². The molecular formula is C31H34N4O2. The lowest BCUT2D eigenvalue weighted by Crippen LogP contribution is -2.29. The predicted molar refractivity (Wildman–Crippen MR) is 150 cm³/mol. The zero-order chi connectivity index (χ0) is 25.9. The average molecular weight is 495 g/mol. The van der Waals surface area contributed by atoms with Gasteiger partial charge in [0.25, 0.3) is 11.8 Å². The van der Waals surface area contributed by atoms with Gasteiger partial charge in [-0.25, -0.2) is 0 Å². The molecule has 2 aliphatic heterocycles. The molecule has 0 atom stereocenters.